The monoisotopic (exact) mass is 240 g/mol. The van der Waals surface area contributed by atoms with E-state index < -0.39 is 0 Å². The zero-order valence-electron chi connectivity index (χ0n) is 11.4. The van der Waals surface area contributed by atoms with Crippen LogP contribution >= 0.6 is 0 Å². The molecule has 2 rings (SSSR count). The van der Waals surface area contributed by atoms with Gasteiger partial charge < -0.3 is 10.4 Å². The van der Waals surface area contributed by atoms with Crippen molar-refractivity contribution in [1.82, 2.24) is 10.2 Å². The van der Waals surface area contributed by atoms with Gasteiger partial charge in [-0.3, -0.25) is 4.90 Å². The summed E-state index contributed by atoms with van der Waals surface area (Å²) in [5.41, 5.74) is 0.0779. The molecule has 2 N–H and O–H groups in total. The Labute approximate surface area is 106 Å². The second-order valence-corrected chi connectivity index (χ2v) is 6.10. The third-order valence-corrected chi connectivity index (χ3v) is 4.89. The van der Waals surface area contributed by atoms with Crippen LogP contribution in [-0.2, 0) is 0 Å². The first-order valence-corrected chi connectivity index (χ1v) is 7.27. The van der Waals surface area contributed by atoms with Gasteiger partial charge in [0.05, 0.1) is 6.61 Å². The van der Waals surface area contributed by atoms with E-state index in [2.05, 4.69) is 24.1 Å². The first-order valence-electron chi connectivity index (χ1n) is 7.27. The lowest BCUT2D eigenvalue weighted by atomic mass is 9.67. The molecule has 0 radical (unpaired) electrons. The molecule has 2 atom stereocenters. The number of nitrogens with one attached hydrogen (secondary N) is 1. The minimum atomic E-state index is 0.0779. The number of aliphatic hydroxyl groups excluding tert-OH is 1. The molecule has 0 aromatic rings. The van der Waals surface area contributed by atoms with Crippen molar-refractivity contribution in [3.63, 3.8) is 0 Å². The summed E-state index contributed by atoms with van der Waals surface area (Å²) in [5.74, 6) is 1.34. The van der Waals surface area contributed by atoms with Gasteiger partial charge in [-0.15, -0.1) is 0 Å². The summed E-state index contributed by atoms with van der Waals surface area (Å²) in [6, 6.07) is 0. The van der Waals surface area contributed by atoms with Crippen LogP contribution in [0.4, 0.5) is 0 Å². The molecule has 1 aliphatic heterocycles. The van der Waals surface area contributed by atoms with E-state index in [1.165, 1.54) is 25.7 Å². The molecule has 1 saturated carbocycles. The average molecular weight is 240 g/mol. The third kappa shape index (κ3) is 2.51. The van der Waals surface area contributed by atoms with Crippen molar-refractivity contribution in [3.05, 3.63) is 0 Å². The van der Waals surface area contributed by atoms with Crippen molar-refractivity contribution in [1.29, 1.82) is 0 Å². The number of rotatable bonds is 3. The molecule has 0 aromatic carbocycles. The van der Waals surface area contributed by atoms with Crippen LogP contribution in [0.15, 0.2) is 0 Å². The van der Waals surface area contributed by atoms with Crippen LogP contribution in [0.1, 0.15) is 39.5 Å². The molecule has 0 bridgehead atoms. The highest BCUT2D eigenvalue weighted by Crippen LogP contribution is 2.42. The quantitative estimate of drug-likeness (QED) is 0.784. The largest absolute Gasteiger partial charge is 0.394 e. The smallest absolute Gasteiger partial charge is 0.0618 e. The highest BCUT2D eigenvalue weighted by Gasteiger charge is 2.46. The van der Waals surface area contributed by atoms with Crippen LogP contribution in [0.3, 0.4) is 0 Å². The first-order chi connectivity index (χ1) is 8.20. The molecule has 1 heterocycles. The SMILES string of the molecule is CC(C)C1CCCCC1(CO)N1CCNCC1. The van der Waals surface area contributed by atoms with Gasteiger partial charge in [0.15, 0.2) is 0 Å². The molecule has 17 heavy (non-hydrogen) atoms. The van der Waals surface area contributed by atoms with Gasteiger partial charge >= 0.3 is 0 Å². The van der Waals surface area contributed by atoms with Crippen LogP contribution < -0.4 is 5.32 Å². The van der Waals surface area contributed by atoms with Gasteiger partial charge in [-0.05, 0) is 24.7 Å². The molecule has 3 nitrogen and oxygen atoms in total. The van der Waals surface area contributed by atoms with Crippen molar-refractivity contribution in [3.8, 4) is 0 Å². The molecule has 2 unspecified atom stereocenters. The Kier molecular flexibility index (Phi) is 4.45. The molecular formula is C14H28N2O. The summed E-state index contributed by atoms with van der Waals surface area (Å²) in [7, 11) is 0. The van der Waals surface area contributed by atoms with Crippen LogP contribution in [0.25, 0.3) is 0 Å². The predicted molar refractivity (Wildman–Crippen MR) is 71.1 cm³/mol. The highest BCUT2D eigenvalue weighted by molar-refractivity contribution is 5.00. The molecule has 0 spiro atoms. The lowest BCUT2D eigenvalue weighted by Gasteiger charge is -2.53. The van der Waals surface area contributed by atoms with E-state index >= 15 is 0 Å². The maximum absolute atomic E-state index is 10.1. The van der Waals surface area contributed by atoms with Crippen molar-refractivity contribution in [2.45, 2.75) is 45.1 Å². The fraction of sp³-hybridized carbons (Fsp3) is 1.00. The fourth-order valence-corrected chi connectivity index (χ4v) is 4.00. The Morgan fingerprint density at radius 3 is 2.59 bits per heavy atom. The first kappa shape index (κ1) is 13.3. The number of piperazine rings is 1. The standard InChI is InChI=1S/C14H28N2O/c1-12(2)13-5-3-4-6-14(13,11-17)16-9-7-15-8-10-16/h12-13,15,17H,3-11H2,1-2H3. The van der Waals surface area contributed by atoms with Crippen molar-refractivity contribution < 1.29 is 5.11 Å². The second-order valence-electron chi connectivity index (χ2n) is 6.10. The van der Waals surface area contributed by atoms with E-state index in [-0.39, 0.29) is 5.54 Å². The second kappa shape index (κ2) is 5.68. The van der Waals surface area contributed by atoms with Gasteiger partial charge in [-0.2, -0.15) is 0 Å². The Hall–Kier alpha value is -0.120. The summed E-state index contributed by atoms with van der Waals surface area (Å²) in [5, 5.41) is 13.5. The fourth-order valence-electron chi connectivity index (χ4n) is 4.00. The van der Waals surface area contributed by atoms with E-state index in [0.29, 0.717) is 18.4 Å². The van der Waals surface area contributed by atoms with Crippen molar-refractivity contribution in [2.75, 3.05) is 32.8 Å². The molecule has 100 valence electrons. The van der Waals surface area contributed by atoms with Gasteiger partial charge in [0.2, 0.25) is 0 Å². The lowest BCUT2D eigenvalue weighted by molar-refractivity contribution is -0.0619. The Morgan fingerprint density at radius 2 is 2.00 bits per heavy atom. The Morgan fingerprint density at radius 1 is 1.29 bits per heavy atom. The van der Waals surface area contributed by atoms with Crippen molar-refractivity contribution >= 4 is 0 Å². The third-order valence-electron chi connectivity index (χ3n) is 4.89. The summed E-state index contributed by atoms with van der Waals surface area (Å²) >= 11 is 0. The summed E-state index contributed by atoms with van der Waals surface area (Å²) in [6.45, 7) is 9.34. The van der Waals surface area contributed by atoms with Gasteiger partial charge in [0.25, 0.3) is 0 Å². The van der Waals surface area contributed by atoms with E-state index in [0.717, 1.165) is 26.2 Å². The van der Waals surface area contributed by atoms with Crippen molar-refractivity contribution in [2.24, 2.45) is 11.8 Å². The van der Waals surface area contributed by atoms with Crippen LogP contribution in [0.5, 0.6) is 0 Å². The zero-order chi connectivity index (χ0) is 12.3. The van der Waals surface area contributed by atoms with Crippen LogP contribution in [0, 0.1) is 11.8 Å². The molecule has 1 saturated heterocycles. The Bertz CT molecular complexity index is 238. The summed E-state index contributed by atoms with van der Waals surface area (Å²) < 4.78 is 0. The van der Waals surface area contributed by atoms with E-state index in [1.54, 1.807) is 0 Å². The minimum Gasteiger partial charge on any atom is -0.394 e. The topological polar surface area (TPSA) is 35.5 Å². The maximum atomic E-state index is 10.1. The summed E-state index contributed by atoms with van der Waals surface area (Å²) in [4.78, 5) is 2.58. The van der Waals surface area contributed by atoms with E-state index in [9.17, 15) is 5.11 Å². The van der Waals surface area contributed by atoms with E-state index in [4.69, 9.17) is 0 Å². The van der Waals surface area contributed by atoms with Gasteiger partial charge in [-0.25, -0.2) is 0 Å². The molecular weight excluding hydrogens is 212 g/mol. The molecule has 1 aliphatic carbocycles. The highest BCUT2D eigenvalue weighted by atomic mass is 16.3. The number of hydrogen-bond acceptors (Lipinski definition) is 3. The maximum Gasteiger partial charge on any atom is 0.0618 e. The Balaban J connectivity index is 2.18. The lowest BCUT2D eigenvalue weighted by Crippen LogP contribution is -2.63. The van der Waals surface area contributed by atoms with Gasteiger partial charge in [0.1, 0.15) is 0 Å². The summed E-state index contributed by atoms with van der Waals surface area (Å²) in [6.07, 6.45) is 5.11. The number of nitrogens with zero attached hydrogens (tertiary/aromatic N) is 1. The van der Waals surface area contributed by atoms with Gasteiger partial charge in [-0.1, -0.05) is 26.7 Å². The molecule has 2 fully saturated rings. The molecule has 0 aromatic heterocycles. The van der Waals surface area contributed by atoms with Crippen LogP contribution in [0.2, 0.25) is 0 Å². The zero-order valence-corrected chi connectivity index (χ0v) is 11.4. The van der Waals surface area contributed by atoms with Gasteiger partial charge in [0, 0.05) is 31.7 Å². The number of hydrogen-bond donors (Lipinski definition) is 2. The molecule has 0 amide bonds. The van der Waals surface area contributed by atoms with E-state index in [1.807, 2.05) is 0 Å². The minimum absolute atomic E-state index is 0.0779. The average Bonchev–Trinajstić information content (AvgIpc) is 2.39. The predicted octanol–water partition coefficient (Wildman–Crippen LogP) is 1.47. The molecule has 2 aliphatic rings. The number of aliphatic hydroxyl groups is 1. The molecule has 3 heteroatoms. The van der Waals surface area contributed by atoms with Crippen LogP contribution in [-0.4, -0.2) is 48.3 Å². The normalized spacial score (nSPS) is 36.4.